The van der Waals surface area contributed by atoms with Crippen LogP contribution in [0.5, 0.6) is 0 Å². The number of fused-ring (bicyclic) bond motifs is 2. The van der Waals surface area contributed by atoms with Gasteiger partial charge in [0, 0.05) is 10.9 Å². The number of ether oxygens (including phenoxy) is 1. The second-order valence-electron chi connectivity index (χ2n) is 7.17. The quantitative estimate of drug-likeness (QED) is 0.397. The monoisotopic (exact) mass is 358 g/mol. The molecule has 4 rings (SSSR count). The van der Waals surface area contributed by atoms with Gasteiger partial charge in [-0.25, -0.2) is 4.79 Å². The zero-order chi connectivity index (χ0) is 19.1. The minimum Gasteiger partial charge on any atom is -0.465 e. The number of benzene rings is 1. The number of carbonyl (C=O) groups is 1. The SMILES string of the molecule is COC(=O)c1c2cc(C(C)C)cccc-2c(-c2cc3ccccc3o2)c1C. The van der Waals surface area contributed by atoms with Crippen molar-refractivity contribution >= 4 is 16.9 Å². The number of esters is 1. The Morgan fingerprint density at radius 1 is 1.00 bits per heavy atom. The van der Waals surface area contributed by atoms with Crippen molar-refractivity contribution in [1.82, 2.24) is 0 Å². The molecular formula is C24H22O3. The van der Waals surface area contributed by atoms with Crippen LogP contribution in [0.15, 0.2) is 59.0 Å². The van der Waals surface area contributed by atoms with Crippen LogP contribution < -0.4 is 0 Å². The normalized spacial score (nSPS) is 11.4. The van der Waals surface area contributed by atoms with Crippen LogP contribution in [0.2, 0.25) is 0 Å². The number of furan rings is 1. The largest absolute Gasteiger partial charge is 0.465 e. The van der Waals surface area contributed by atoms with Gasteiger partial charge in [-0.3, -0.25) is 0 Å². The topological polar surface area (TPSA) is 39.4 Å². The Morgan fingerprint density at radius 3 is 2.48 bits per heavy atom. The van der Waals surface area contributed by atoms with E-state index in [-0.39, 0.29) is 5.97 Å². The Kier molecular flexibility index (Phi) is 4.23. The third-order valence-corrected chi connectivity index (χ3v) is 5.17. The molecule has 0 saturated carbocycles. The summed E-state index contributed by atoms with van der Waals surface area (Å²) in [7, 11) is 1.42. The lowest BCUT2D eigenvalue weighted by molar-refractivity contribution is 0.0601. The van der Waals surface area contributed by atoms with Crippen LogP contribution in [0.4, 0.5) is 0 Å². The summed E-state index contributed by atoms with van der Waals surface area (Å²) in [4.78, 5) is 12.6. The van der Waals surface area contributed by atoms with Crippen molar-refractivity contribution in [1.29, 1.82) is 0 Å². The molecule has 0 atom stereocenters. The summed E-state index contributed by atoms with van der Waals surface area (Å²) >= 11 is 0. The first kappa shape index (κ1) is 17.3. The summed E-state index contributed by atoms with van der Waals surface area (Å²) in [5, 5.41) is 1.05. The second-order valence-corrected chi connectivity index (χ2v) is 7.17. The third kappa shape index (κ3) is 2.80. The molecule has 1 aromatic heterocycles. The third-order valence-electron chi connectivity index (χ3n) is 5.17. The maximum atomic E-state index is 12.6. The lowest BCUT2D eigenvalue weighted by Crippen LogP contribution is -2.02. The van der Waals surface area contributed by atoms with Gasteiger partial charge in [0.15, 0.2) is 0 Å². The predicted octanol–water partition coefficient (Wildman–Crippen LogP) is 6.42. The molecule has 2 aliphatic rings. The number of hydrogen-bond donors (Lipinski definition) is 0. The van der Waals surface area contributed by atoms with Gasteiger partial charge in [0.05, 0.1) is 12.7 Å². The molecule has 0 unspecified atom stereocenters. The number of para-hydroxylation sites is 1. The molecule has 0 saturated heterocycles. The lowest BCUT2D eigenvalue weighted by Gasteiger charge is -2.05. The van der Waals surface area contributed by atoms with Crippen LogP contribution in [-0.2, 0) is 4.74 Å². The maximum Gasteiger partial charge on any atom is 0.338 e. The van der Waals surface area contributed by atoms with E-state index in [4.69, 9.17) is 9.15 Å². The molecule has 0 fully saturated rings. The predicted molar refractivity (Wildman–Crippen MR) is 108 cm³/mol. The highest BCUT2D eigenvalue weighted by Gasteiger charge is 2.28. The fourth-order valence-corrected chi connectivity index (χ4v) is 3.74. The summed E-state index contributed by atoms with van der Waals surface area (Å²) < 4.78 is 11.2. The van der Waals surface area contributed by atoms with E-state index >= 15 is 0 Å². The van der Waals surface area contributed by atoms with Crippen molar-refractivity contribution in [2.45, 2.75) is 26.7 Å². The van der Waals surface area contributed by atoms with Gasteiger partial charge in [-0.1, -0.05) is 50.2 Å². The summed E-state index contributed by atoms with van der Waals surface area (Å²) in [6, 6.07) is 18.3. The standard InChI is InChI=1S/C24H22O3/c1-14(2)16-9-7-10-18-19(12-16)23(24(25)26-4)15(3)22(18)21-13-17-8-5-6-11-20(17)27-21/h5-14H,1-4H3. The average Bonchev–Trinajstić information content (AvgIpc) is 3.10. The number of carbonyl (C=O) groups excluding carboxylic acids is 1. The Hall–Kier alpha value is -3.07. The van der Waals surface area contributed by atoms with Crippen LogP contribution in [0.1, 0.15) is 41.3 Å². The van der Waals surface area contributed by atoms with Crippen molar-refractivity contribution in [3.8, 4) is 22.5 Å². The zero-order valence-corrected chi connectivity index (χ0v) is 16.0. The van der Waals surface area contributed by atoms with Crippen LogP contribution in [0, 0.1) is 6.92 Å². The van der Waals surface area contributed by atoms with Gasteiger partial charge in [0.1, 0.15) is 11.3 Å². The first-order valence-electron chi connectivity index (χ1n) is 9.14. The van der Waals surface area contributed by atoms with Crippen molar-refractivity contribution in [3.05, 3.63) is 71.3 Å². The highest BCUT2D eigenvalue weighted by atomic mass is 16.5. The Labute approximate surface area is 158 Å². The fourth-order valence-electron chi connectivity index (χ4n) is 3.74. The molecule has 3 heteroatoms. The number of hydrogen-bond acceptors (Lipinski definition) is 3. The van der Waals surface area contributed by atoms with E-state index in [1.54, 1.807) is 0 Å². The summed E-state index contributed by atoms with van der Waals surface area (Å²) in [5.74, 6) is 0.808. The molecular weight excluding hydrogens is 336 g/mol. The molecule has 0 spiro atoms. The first-order valence-corrected chi connectivity index (χ1v) is 9.14. The molecule has 0 radical (unpaired) electrons. The van der Waals surface area contributed by atoms with E-state index in [2.05, 4.69) is 32.0 Å². The van der Waals surface area contributed by atoms with E-state index in [1.807, 2.05) is 43.3 Å². The zero-order valence-electron chi connectivity index (χ0n) is 16.0. The van der Waals surface area contributed by atoms with Crippen LogP contribution in [0.25, 0.3) is 33.4 Å². The average molecular weight is 358 g/mol. The van der Waals surface area contributed by atoms with Gasteiger partial charge in [-0.05, 0) is 53.3 Å². The van der Waals surface area contributed by atoms with Crippen molar-refractivity contribution < 1.29 is 13.9 Å². The van der Waals surface area contributed by atoms with E-state index < -0.39 is 0 Å². The highest BCUT2D eigenvalue weighted by Crippen LogP contribution is 2.44. The van der Waals surface area contributed by atoms with Crippen molar-refractivity contribution in [2.24, 2.45) is 0 Å². The van der Waals surface area contributed by atoms with Gasteiger partial charge in [0.2, 0.25) is 0 Å². The molecule has 1 heterocycles. The first-order chi connectivity index (χ1) is 13.0. The molecule has 2 aliphatic carbocycles. The van der Waals surface area contributed by atoms with Gasteiger partial charge in [-0.2, -0.15) is 0 Å². The maximum absolute atomic E-state index is 12.6. The van der Waals surface area contributed by atoms with E-state index in [9.17, 15) is 4.79 Å². The summed E-state index contributed by atoms with van der Waals surface area (Å²) in [6.45, 7) is 6.26. The number of rotatable bonds is 3. The minimum atomic E-state index is -0.319. The highest BCUT2D eigenvalue weighted by molar-refractivity contribution is 6.07. The van der Waals surface area contributed by atoms with Crippen LogP contribution in [0.3, 0.4) is 0 Å². The van der Waals surface area contributed by atoms with Gasteiger partial charge in [-0.15, -0.1) is 0 Å². The molecule has 1 aromatic carbocycles. The van der Waals surface area contributed by atoms with Crippen LogP contribution >= 0.6 is 0 Å². The molecule has 0 amide bonds. The molecule has 0 N–H and O–H groups in total. The van der Waals surface area contributed by atoms with Crippen molar-refractivity contribution in [2.75, 3.05) is 7.11 Å². The molecule has 136 valence electrons. The van der Waals surface area contributed by atoms with E-state index in [0.717, 1.165) is 39.0 Å². The van der Waals surface area contributed by atoms with Gasteiger partial charge in [0.25, 0.3) is 0 Å². The molecule has 2 aromatic rings. The molecule has 0 bridgehead atoms. The Balaban J connectivity index is 2.04. The van der Waals surface area contributed by atoms with Gasteiger partial charge >= 0.3 is 5.97 Å². The fraction of sp³-hybridized carbons (Fsp3) is 0.208. The minimum absolute atomic E-state index is 0.319. The van der Waals surface area contributed by atoms with Crippen LogP contribution in [-0.4, -0.2) is 13.1 Å². The summed E-state index contributed by atoms with van der Waals surface area (Å²) in [6.07, 6.45) is 0. The second kappa shape index (κ2) is 6.58. The van der Waals surface area contributed by atoms with Gasteiger partial charge < -0.3 is 9.15 Å². The van der Waals surface area contributed by atoms with Crippen molar-refractivity contribution in [3.63, 3.8) is 0 Å². The van der Waals surface area contributed by atoms with E-state index in [1.165, 1.54) is 12.7 Å². The molecule has 3 nitrogen and oxygen atoms in total. The Morgan fingerprint density at radius 2 is 1.78 bits per heavy atom. The molecule has 0 aliphatic heterocycles. The number of methoxy groups -OCH3 is 1. The smallest absolute Gasteiger partial charge is 0.338 e. The Bertz CT molecular complexity index is 1080. The lowest BCUT2D eigenvalue weighted by atomic mass is 10.0. The summed E-state index contributed by atoms with van der Waals surface area (Å²) in [5.41, 5.74) is 6.37. The molecule has 27 heavy (non-hydrogen) atoms. The van der Waals surface area contributed by atoms with E-state index in [0.29, 0.717) is 11.5 Å².